The van der Waals surface area contributed by atoms with E-state index in [0.29, 0.717) is 17.5 Å². The van der Waals surface area contributed by atoms with Crippen LogP contribution < -0.4 is 0 Å². The van der Waals surface area contributed by atoms with Gasteiger partial charge in [-0.05, 0) is 93.3 Å². The molecule has 4 aromatic heterocycles. The molecule has 0 radical (unpaired) electrons. The Hall–Kier alpha value is -8.45. The van der Waals surface area contributed by atoms with E-state index >= 15 is 0 Å². The monoisotopic (exact) mass is 846 g/mol. The third-order valence-electron chi connectivity index (χ3n) is 13.0. The largest absolute Gasteiger partial charge is 0.456 e. The number of hydrogen-bond donors (Lipinski definition) is 0. The minimum atomic E-state index is 0.585. The molecular weight excluding hydrogens is 813 g/mol. The van der Waals surface area contributed by atoms with Gasteiger partial charge in [-0.2, -0.15) is 0 Å². The van der Waals surface area contributed by atoms with Gasteiger partial charge in [-0.3, -0.25) is 0 Å². The van der Waals surface area contributed by atoms with Crippen molar-refractivity contribution >= 4 is 96.8 Å². The number of fused-ring (bicyclic) bond motifs is 12. The van der Waals surface area contributed by atoms with Gasteiger partial charge in [-0.1, -0.05) is 146 Å². The second kappa shape index (κ2) is 14.0. The molecule has 0 aliphatic rings. The number of benzene rings is 10. The number of rotatable bonds is 5. The van der Waals surface area contributed by atoms with Gasteiger partial charge in [-0.25, -0.2) is 15.0 Å². The first kappa shape index (κ1) is 36.1. The van der Waals surface area contributed by atoms with Crippen LogP contribution >= 0.6 is 11.3 Å². The fraction of sp³-hybridized carbons (Fsp3) is 0. The predicted octanol–water partition coefficient (Wildman–Crippen LogP) is 16.2. The quantitative estimate of drug-likeness (QED) is 0.173. The molecule has 0 spiro atoms. The number of thiophene rings is 1. The predicted molar refractivity (Wildman–Crippen MR) is 271 cm³/mol. The summed E-state index contributed by atoms with van der Waals surface area (Å²) in [5.41, 5.74) is 9.97. The lowest BCUT2D eigenvalue weighted by atomic mass is 9.99. The molecule has 65 heavy (non-hydrogen) atoms. The molecule has 0 amide bonds. The minimum Gasteiger partial charge on any atom is -0.456 e. The third kappa shape index (κ3) is 5.67. The Bertz CT molecular complexity index is 4260. The van der Waals surface area contributed by atoms with Crippen LogP contribution in [-0.4, -0.2) is 19.5 Å². The minimum absolute atomic E-state index is 0.585. The summed E-state index contributed by atoms with van der Waals surface area (Å²) in [6, 6.07) is 73.3. The maximum absolute atomic E-state index is 6.74. The van der Waals surface area contributed by atoms with Crippen LogP contribution in [0.3, 0.4) is 0 Å². The highest BCUT2D eigenvalue weighted by atomic mass is 32.1. The highest BCUT2D eigenvalue weighted by Crippen LogP contribution is 2.43. The van der Waals surface area contributed by atoms with Crippen molar-refractivity contribution in [3.63, 3.8) is 0 Å². The van der Waals surface area contributed by atoms with Gasteiger partial charge in [0, 0.05) is 64.1 Å². The summed E-state index contributed by atoms with van der Waals surface area (Å²) in [6.07, 6.45) is 0. The lowest BCUT2D eigenvalue weighted by Gasteiger charge is -2.12. The highest BCUT2D eigenvalue weighted by Gasteiger charge is 2.21. The molecule has 302 valence electrons. The third-order valence-corrected chi connectivity index (χ3v) is 14.1. The number of hydrogen-bond acceptors (Lipinski definition) is 5. The van der Waals surface area contributed by atoms with Gasteiger partial charge >= 0.3 is 0 Å². The Morgan fingerprint density at radius 2 is 1.03 bits per heavy atom. The SMILES string of the molecule is c1ccc(-c2cccc(-c3nc(-c4ccc5c(c4)sc4ccccc45)nc(-c4cccc5oc6ccc7ccc(-n8c9ccccc9c9cc%10ccccc%10cc98)cc7c6c45)n3)c2)cc1. The molecule has 14 rings (SSSR count). The molecule has 0 aliphatic carbocycles. The number of aromatic nitrogens is 4. The normalized spacial score (nSPS) is 12.0. The van der Waals surface area contributed by atoms with E-state index in [0.717, 1.165) is 71.7 Å². The van der Waals surface area contributed by atoms with Crippen molar-refractivity contribution in [2.75, 3.05) is 0 Å². The van der Waals surface area contributed by atoms with Gasteiger partial charge in [0.05, 0.1) is 11.0 Å². The van der Waals surface area contributed by atoms with E-state index in [-0.39, 0.29) is 0 Å². The molecule has 0 N–H and O–H groups in total. The van der Waals surface area contributed by atoms with Gasteiger partial charge in [0.2, 0.25) is 0 Å². The molecule has 0 saturated carbocycles. The first-order chi connectivity index (χ1) is 32.2. The summed E-state index contributed by atoms with van der Waals surface area (Å²) < 4.78 is 11.6. The molecule has 0 atom stereocenters. The molecule has 0 aliphatic heterocycles. The van der Waals surface area contributed by atoms with E-state index in [4.69, 9.17) is 19.4 Å². The summed E-state index contributed by atoms with van der Waals surface area (Å²) in [5.74, 6) is 1.81. The van der Waals surface area contributed by atoms with Crippen molar-refractivity contribution in [3.8, 4) is 51.0 Å². The standard InChI is InChI=1S/C59H34N4OS/c1-2-12-35(13-3-1)37-16-10-17-40(30-37)57-60-58(41-25-28-45-44-19-7-9-23-53(44)65-54(45)33-41)62-59(61-57)46-20-11-22-51-55(46)56-47-34-42(27-24-36(47)26-29-52(56)64-51)63-49-21-8-6-18-43(49)48-31-38-14-4-5-15-39(38)32-50(48)63/h1-34H. The van der Waals surface area contributed by atoms with Crippen molar-refractivity contribution in [3.05, 3.63) is 206 Å². The van der Waals surface area contributed by atoms with Crippen molar-refractivity contribution < 1.29 is 4.42 Å². The molecule has 0 saturated heterocycles. The Balaban J connectivity index is 1.01. The molecular formula is C59H34N4OS. The second-order valence-electron chi connectivity index (χ2n) is 16.8. The van der Waals surface area contributed by atoms with E-state index in [1.807, 2.05) is 18.2 Å². The Morgan fingerprint density at radius 1 is 0.354 bits per heavy atom. The van der Waals surface area contributed by atoms with Crippen molar-refractivity contribution in [1.29, 1.82) is 0 Å². The molecule has 5 nitrogen and oxygen atoms in total. The Kier molecular flexibility index (Phi) is 7.79. The summed E-state index contributed by atoms with van der Waals surface area (Å²) >= 11 is 1.79. The van der Waals surface area contributed by atoms with E-state index in [9.17, 15) is 0 Å². The molecule has 0 bridgehead atoms. The topological polar surface area (TPSA) is 56.7 Å². The smallest absolute Gasteiger partial charge is 0.164 e. The fourth-order valence-electron chi connectivity index (χ4n) is 9.97. The summed E-state index contributed by atoms with van der Waals surface area (Å²) in [5, 5.41) is 11.6. The Labute approximate surface area is 376 Å². The van der Waals surface area contributed by atoms with Crippen LogP contribution in [0.5, 0.6) is 0 Å². The van der Waals surface area contributed by atoms with Crippen LogP contribution in [0, 0.1) is 0 Å². The van der Waals surface area contributed by atoms with Crippen molar-refractivity contribution in [2.45, 2.75) is 0 Å². The van der Waals surface area contributed by atoms with Gasteiger partial charge in [0.1, 0.15) is 11.2 Å². The molecule has 6 heteroatoms. The second-order valence-corrected chi connectivity index (χ2v) is 17.8. The zero-order valence-electron chi connectivity index (χ0n) is 34.7. The number of para-hydroxylation sites is 1. The highest BCUT2D eigenvalue weighted by molar-refractivity contribution is 7.25. The van der Waals surface area contributed by atoms with Gasteiger partial charge in [0.15, 0.2) is 17.5 Å². The maximum atomic E-state index is 6.74. The summed E-state index contributed by atoms with van der Waals surface area (Å²) in [6.45, 7) is 0. The summed E-state index contributed by atoms with van der Waals surface area (Å²) in [4.78, 5) is 15.9. The molecule has 0 unspecified atom stereocenters. The van der Waals surface area contributed by atoms with Crippen LogP contribution in [0.1, 0.15) is 0 Å². The molecule has 0 fully saturated rings. The molecule has 4 heterocycles. The zero-order chi connectivity index (χ0) is 42.6. The summed E-state index contributed by atoms with van der Waals surface area (Å²) in [7, 11) is 0. The van der Waals surface area contributed by atoms with Crippen molar-refractivity contribution in [1.82, 2.24) is 19.5 Å². The zero-order valence-corrected chi connectivity index (χ0v) is 35.6. The van der Waals surface area contributed by atoms with E-state index in [1.54, 1.807) is 11.3 Å². The van der Waals surface area contributed by atoms with Crippen LogP contribution in [0.2, 0.25) is 0 Å². The number of furan rings is 1. The van der Waals surface area contributed by atoms with Crippen LogP contribution in [0.4, 0.5) is 0 Å². The Morgan fingerprint density at radius 3 is 1.92 bits per heavy atom. The van der Waals surface area contributed by atoms with Crippen molar-refractivity contribution in [2.24, 2.45) is 0 Å². The molecule has 14 aromatic rings. The van der Waals surface area contributed by atoms with Crippen LogP contribution in [0.25, 0.3) is 136 Å². The van der Waals surface area contributed by atoms with Crippen LogP contribution in [0.15, 0.2) is 211 Å². The maximum Gasteiger partial charge on any atom is 0.164 e. The van der Waals surface area contributed by atoms with Gasteiger partial charge < -0.3 is 8.98 Å². The average Bonchev–Trinajstić information content (AvgIpc) is 4.05. The van der Waals surface area contributed by atoms with Crippen LogP contribution in [-0.2, 0) is 0 Å². The van der Waals surface area contributed by atoms with Gasteiger partial charge in [-0.15, -0.1) is 11.3 Å². The van der Waals surface area contributed by atoms with E-state index < -0.39 is 0 Å². The van der Waals surface area contributed by atoms with E-state index in [2.05, 4.69) is 193 Å². The first-order valence-electron chi connectivity index (χ1n) is 21.8. The first-order valence-corrected chi connectivity index (χ1v) is 22.6. The van der Waals surface area contributed by atoms with Gasteiger partial charge in [0.25, 0.3) is 0 Å². The number of nitrogens with zero attached hydrogens (tertiary/aromatic N) is 4. The lowest BCUT2D eigenvalue weighted by Crippen LogP contribution is -2.00. The molecule has 10 aromatic carbocycles. The lowest BCUT2D eigenvalue weighted by molar-refractivity contribution is 0.669. The van der Waals surface area contributed by atoms with E-state index in [1.165, 1.54) is 47.2 Å². The fourth-order valence-corrected chi connectivity index (χ4v) is 11.1. The average molecular weight is 847 g/mol.